The first-order chi connectivity index (χ1) is 10.7. The van der Waals surface area contributed by atoms with Crippen LogP contribution in [0.1, 0.15) is 0 Å². The van der Waals surface area contributed by atoms with Crippen LogP contribution in [0.2, 0.25) is 0 Å². The zero-order valence-corrected chi connectivity index (χ0v) is 13.5. The van der Waals surface area contributed by atoms with E-state index in [1.165, 1.54) is 23.1 Å². The minimum absolute atomic E-state index is 0.0557. The molecule has 22 heavy (non-hydrogen) atoms. The fraction of sp³-hybridized carbons (Fsp3) is 0.125. The number of benzene rings is 2. The van der Waals surface area contributed by atoms with Gasteiger partial charge in [-0.15, -0.1) is 11.8 Å². The zero-order valence-electron chi connectivity index (χ0n) is 11.9. The number of fused-ring (bicyclic) bond motifs is 1. The van der Waals surface area contributed by atoms with Gasteiger partial charge in [0.15, 0.2) is 5.13 Å². The number of para-hydroxylation sites is 1. The van der Waals surface area contributed by atoms with E-state index in [2.05, 4.69) is 10.3 Å². The molecule has 0 aliphatic carbocycles. The second-order valence-corrected chi connectivity index (χ2v) is 6.58. The second-order valence-electron chi connectivity index (χ2n) is 4.50. The lowest BCUT2D eigenvalue weighted by molar-refractivity contribution is -0.113. The molecule has 0 radical (unpaired) electrons. The van der Waals surface area contributed by atoms with Crippen molar-refractivity contribution in [1.29, 1.82) is 0 Å². The number of aromatic nitrogens is 1. The molecule has 0 spiro atoms. The van der Waals surface area contributed by atoms with Gasteiger partial charge < -0.3 is 10.1 Å². The van der Waals surface area contributed by atoms with E-state index in [0.29, 0.717) is 10.9 Å². The third kappa shape index (κ3) is 3.58. The van der Waals surface area contributed by atoms with Crippen LogP contribution in [0.25, 0.3) is 10.2 Å². The van der Waals surface area contributed by atoms with Crippen LogP contribution in [0.5, 0.6) is 5.75 Å². The van der Waals surface area contributed by atoms with Gasteiger partial charge in [-0.25, -0.2) is 4.98 Å². The summed E-state index contributed by atoms with van der Waals surface area (Å²) >= 11 is 2.97. The molecule has 0 atom stereocenters. The van der Waals surface area contributed by atoms with Crippen molar-refractivity contribution in [2.45, 2.75) is 4.90 Å². The predicted molar refractivity (Wildman–Crippen MR) is 92.0 cm³/mol. The smallest absolute Gasteiger partial charge is 0.236 e. The van der Waals surface area contributed by atoms with Crippen LogP contribution in [0.4, 0.5) is 5.13 Å². The summed E-state index contributed by atoms with van der Waals surface area (Å²) in [5, 5.41) is 3.49. The Balaban J connectivity index is 1.57. The van der Waals surface area contributed by atoms with E-state index < -0.39 is 0 Å². The molecule has 0 bridgehead atoms. The highest BCUT2D eigenvalue weighted by Crippen LogP contribution is 2.26. The molecule has 4 nitrogen and oxygen atoms in total. The molecule has 6 heteroatoms. The Kier molecular flexibility index (Phi) is 4.60. The van der Waals surface area contributed by atoms with Crippen LogP contribution < -0.4 is 10.1 Å². The van der Waals surface area contributed by atoms with Gasteiger partial charge >= 0.3 is 0 Å². The molecule has 1 N–H and O–H groups in total. The van der Waals surface area contributed by atoms with Crippen LogP contribution in [0.3, 0.4) is 0 Å². The van der Waals surface area contributed by atoms with Crippen molar-refractivity contribution in [2.75, 3.05) is 18.2 Å². The Bertz CT molecular complexity index is 751. The highest BCUT2D eigenvalue weighted by molar-refractivity contribution is 8.00. The summed E-state index contributed by atoms with van der Waals surface area (Å²) in [6.07, 6.45) is 0. The average molecular weight is 330 g/mol. The molecule has 3 aromatic rings. The quantitative estimate of drug-likeness (QED) is 0.718. The predicted octanol–water partition coefficient (Wildman–Crippen LogP) is 4.04. The van der Waals surface area contributed by atoms with Crippen LogP contribution in [0, 0.1) is 0 Å². The number of hydrogen-bond donors (Lipinski definition) is 1. The summed E-state index contributed by atoms with van der Waals surface area (Å²) in [4.78, 5) is 17.4. The standard InChI is InChI=1S/C16H14N2O2S2/c1-20-11-6-8-12(9-7-11)21-10-15(19)18-16-17-13-4-2-3-5-14(13)22-16/h2-9H,10H2,1H3,(H,17,18,19). The molecule has 3 rings (SSSR count). The molecule has 0 saturated heterocycles. The van der Waals surface area contributed by atoms with Crippen LogP contribution in [0.15, 0.2) is 53.4 Å². The Morgan fingerprint density at radius 3 is 2.73 bits per heavy atom. The molecule has 0 aliphatic rings. The number of carbonyl (C=O) groups excluding carboxylic acids is 1. The molecule has 0 fully saturated rings. The maximum absolute atomic E-state index is 12.0. The number of thioether (sulfide) groups is 1. The fourth-order valence-corrected chi connectivity index (χ4v) is 3.48. The second kappa shape index (κ2) is 6.81. The minimum atomic E-state index is -0.0557. The number of amides is 1. The Hall–Kier alpha value is -2.05. The number of carbonyl (C=O) groups is 1. The van der Waals surface area contributed by atoms with Crippen LogP contribution in [-0.2, 0) is 4.79 Å². The molecule has 112 valence electrons. The van der Waals surface area contributed by atoms with Gasteiger partial charge in [0.25, 0.3) is 0 Å². The van der Waals surface area contributed by atoms with Crippen molar-refractivity contribution >= 4 is 44.4 Å². The van der Waals surface area contributed by atoms with Gasteiger partial charge in [-0.3, -0.25) is 4.79 Å². The molecule has 1 aromatic heterocycles. The first kappa shape index (κ1) is 14.9. The first-order valence-electron chi connectivity index (χ1n) is 6.67. The molecule has 2 aromatic carbocycles. The molecule has 0 saturated carbocycles. The number of nitrogens with one attached hydrogen (secondary N) is 1. The summed E-state index contributed by atoms with van der Waals surface area (Å²) in [5.41, 5.74) is 0.908. The van der Waals surface area contributed by atoms with E-state index in [1.54, 1.807) is 7.11 Å². The number of rotatable bonds is 5. The third-order valence-electron chi connectivity index (χ3n) is 2.97. The van der Waals surface area contributed by atoms with Gasteiger partial charge in [-0.2, -0.15) is 0 Å². The van der Waals surface area contributed by atoms with Crippen molar-refractivity contribution in [3.63, 3.8) is 0 Å². The van der Waals surface area contributed by atoms with Gasteiger partial charge in [-0.05, 0) is 36.4 Å². The lowest BCUT2D eigenvalue weighted by Gasteiger charge is -2.03. The van der Waals surface area contributed by atoms with Crippen LogP contribution in [-0.4, -0.2) is 23.8 Å². The Labute approximate surface area is 136 Å². The van der Waals surface area contributed by atoms with E-state index >= 15 is 0 Å². The number of ether oxygens (including phenoxy) is 1. The monoisotopic (exact) mass is 330 g/mol. The molecular weight excluding hydrogens is 316 g/mol. The van der Waals surface area contributed by atoms with Crippen LogP contribution >= 0.6 is 23.1 Å². The van der Waals surface area contributed by atoms with E-state index in [0.717, 1.165) is 20.9 Å². The van der Waals surface area contributed by atoms with Gasteiger partial charge in [0, 0.05) is 4.90 Å². The summed E-state index contributed by atoms with van der Waals surface area (Å²) < 4.78 is 6.18. The van der Waals surface area contributed by atoms with Gasteiger partial charge in [0.2, 0.25) is 5.91 Å². The highest BCUT2D eigenvalue weighted by atomic mass is 32.2. The zero-order chi connectivity index (χ0) is 15.4. The van der Waals surface area contributed by atoms with E-state index in [1.807, 2.05) is 48.5 Å². The van der Waals surface area contributed by atoms with Crippen molar-refractivity contribution in [2.24, 2.45) is 0 Å². The summed E-state index contributed by atoms with van der Waals surface area (Å²) in [6.45, 7) is 0. The average Bonchev–Trinajstić information content (AvgIpc) is 2.95. The molecule has 1 heterocycles. The number of hydrogen-bond acceptors (Lipinski definition) is 5. The van der Waals surface area contributed by atoms with E-state index in [-0.39, 0.29) is 5.91 Å². The number of methoxy groups -OCH3 is 1. The summed E-state index contributed by atoms with van der Waals surface area (Å²) in [5.74, 6) is 1.10. The molecule has 0 aliphatic heterocycles. The van der Waals surface area contributed by atoms with Gasteiger partial charge in [0.05, 0.1) is 23.1 Å². The summed E-state index contributed by atoms with van der Waals surface area (Å²) in [7, 11) is 1.63. The highest BCUT2D eigenvalue weighted by Gasteiger charge is 2.08. The number of thiazole rings is 1. The topological polar surface area (TPSA) is 51.2 Å². The maximum atomic E-state index is 12.0. The third-order valence-corrected chi connectivity index (χ3v) is 4.93. The Morgan fingerprint density at radius 1 is 1.23 bits per heavy atom. The largest absolute Gasteiger partial charge is 0.497 e. The molecule has 1 amide bonds. The summed E-state index contributed by atoms with van der Waals surface area (Å²) in [6, 6.07) is 15.5. The van der Waals surface area contributed by atoms with E-state index in [9.17, 15) is 4.79 Å². The van der Waals surface area contributed by atoms with Crippen molar-refractivity contribution < 1.29 is 9.53 Å². The Morgan fingerprint density at radius 2 is 2.00 bits per heavy atom. The van der Waals surface area contributed by atoms with Crippen molar-refractivity contribution in [1.82, 2.24) is 4.98 Å². The van der Waals surface area contributed by atoms with Gasteiger partial charge in [-0.1, -0.05) is 23.5 Å². The first-order valence-corrected chi connectivity index (χ1v) is 8.47. The lowest BCUT2D eigenvalue weighted by Crippen LogP contribution is -2.13. The number of anilines is 1. The molecule has 0 unspecified atom stereocenters. The SMILES string of the molecule is COc1ccc(SCC(=O)Nc2nc3ccccc3s2)cc1. The fourth-order valence-electron chi connectivity index (χ4n) is 1.90. The number of nitrogens with zero attached hydrogens (tertiary/aromatic N) is 1. The van der Waals surface area contributed by atoms with Crippen molar-refractivity contribution in [3.05, 3.63) is 48.5 Å². The maximum Gasteiger partial charge on any atom is 0.236 e. The molecular formula is C16H14N2O2S2. The van der Waals surface area contributed by atoms with Gasteiger partial charge in [0.1, 0.15) is 5.75 Å². The normalized spacial score (nSPS) is 10.6. The minimum Gasteiger partial charge on any atom is -0.497 e. The van der Waals surface area contributed by atoms with Crippen molar-refractivity contribution in [3.8, 4) is 5.75 Å². The van der Waals surface area contributed by atoms with E-state index in [4.69, 9.17) is 4.74 Å². The lowest BCUT2D eigenvalue weighted by atomic mass is 10.3.